The maximum absolute atomic E-state index is 13.1. The van der Waals surface area contributed by atoms with Gasteiger partial charge in [-0.25, -0.2) is 24.1 Å². The van der Waals surface area contributed by atoms with E-state index in [9.17, 15) is 8.78 Å². The molecule has 0 amide bonds. The van der Waals surface area contributed by atoms with Crippen molar-refractivity contribution in [2.45, 2.75) is 20.4 Å². The van der Waals surface area contributed by atoms with E-state index in [1.165, 1.54) is 28.1 Å². The van der Waals surface area contributed by atoms with E-state index < -0.39 is 6.55 Å². The molecule has 0 aromatic carbocycles. The minimum absolute atomic E-state index is 0.156. The van der Waals surface area contributed by atoms with Crippen LogP contribution in [0.25, 0.3) is 37.6 Å². The van der Waals surface area contributed by atoms with Crippen molar-refractivity contribution >= 4 is 37.4 Å². The van der Waals surface area contributed by atoms with Crippen LogP contribution in [-0.2, 0) is 0 Å². The molecule has 5 rings (SSSR count). The molecule has 130 valence electrons. The fourth-order valence-electron chi connectivity index (χ4n) is 3.12. The van der Waals surface area contributed by atoms with Crippen LogP contribution in [-0.4, -0.2) is 34.3 Å². The van der Waals surface area contributed by atoms with Crippen molar-refractivity contribution in [3.63, 3.8) is 0 Å². The molecule has 0 fully saturated rings. The van der Waals surface area contributed by atoms with Crippen molar-refractivity contribution in [3.8, 4) is 11.5 Å². The number of aromatic nitrogens is 7. The van der Waals surface area contributed by atoms with Crippen LogP contribution in [0.2, 0.25) is 0 Å². The Morgan fingerprint density at radius 3 is 2.85 bits per heavy atom. The molecule has 5 aromatic rings. The van der Waals surface area contributed by atoms with Gasteiger partial charge in [0.05, 0.1) is 5.52 Å². The molecule has 5 aromatic heterocycles. The molecule has 0 bridgehead atoms. The van der Waals surface area contributed by atoms with E-state index in [0.29, 0.717) is 10.3 Å². The zero-order valence-electron chi connectivity index (χ0n) is 13.7. The third-order valence-corrected chi connectivity index (χ3v) is 5.25. The number of thiophene rings is 1. The van der Waals surface area contributed by atoms with Gasteiger partial charge in [0.25, 0.3) is 0 Å². The van der Waals surface area contributed by atoms with E-state index in [4.69, 9.17) is 0 Å². The molecule has 10 heteroatoms. The lowest BCUT2D eigenvalue weighted by molar-refractivity contribution is 0.0583. The lowest BCUT2D eigenvalue weighted by Crippen LogP contribution is -2.03. The van der Waals surface area contributed by atoms with Crippen LogP contribution in [0.1, 0.15) is 17.8 Å². The van der Waals surface area contributed by atoms with Gasteiger partial charge in [0.15, 0.2) is 5.65 Å². The molecular formula is C16H11F2N7S. The van der Waals surface area contributed by atoms with Crippen molar-refractivity contribution in [2.75, 3.05) is 0 Å². The number of hydrogen-bond acceptors (Lipinski definition) is 6. The van der Waals surface area contributed by atoms with E-state index in [-0.39, 0.29) is 11.5 Å². The first-order valence-electron chi connectivity index (χ1n) is 7.77. The van der Waals surface area contributed by atoms with E-state index in [0.717, 1.165) is 31.7 Å². The van der Waals surface area contributed by atoms with Crippen LogP contribution in [0.15, 0.2) is 24.7 Å². The molecule has 0 unspecified atom stereocenters. The number of hydrogen-bond donors (Lipinski definition) is 0. The Bertz CT molecular complexity index is 1300. The molecular weight excluding hydrogens is 360 g/mol. The van der Waals surface area contributed by atoms with Gasteiger partial charge < -0.3 is 0 Å². The highest BCUT2D eigenvalue weighted by Gasteiger charge is 2.20. The second kappa shape index (κ2) is 5.24. The lowest BCUT2D eigenvalue weighted by atomic mass is 10.1. The molecule has 0 saturated heterocycles. The third kappa shape index (κ3) is 2.05. The summed E-state index contributed by atoms with van der Waals surface area (Å²) in [5, 5.41) is 8.92. The highest BCUT2D eigenvalue weighted by atomic mass is 32.1. The summed E-state index contributed by atoms with van der Waals surface area (Å²) in [6, 6.07) is 3.47. The van der Waals surface area contributed by atoms with Gasteiger partial charge in [-0.15, -0.1) is 16.4 Å². The van der Waals surface area contributed by atoms with E-state index in [1.807, 2.05) is 19.9 Å². The van der Waals surface area contributed by atoms with Crippen molar-refractivity contribution in [1.29, 1.82) is 0 Å². The summed E-state index contributed by atoms with van der Waals surface area (Å²) in [6.45, 7) is 1.20. The largest absolute Gasteiger partial charge is 0.333 e. The van der Waals surface area contributed by atoms with Crippen molar-refractivity contribution in [1.82, 2.24) is 34.3 Å². The highest BCUT2D eigenvalue weighted by Crippen LogP contribution is 2.36. The SMILES string of the molecule is Cc1cc(C)c2c(n1)sc1c2ncn2nc(-c3ccnn3C(F)F)nc12. The van der Waals surface area contributed by atoms with E-state index in [1.54, 1.807) is 6.33 Å². The summed E-state index contributed by atoms with van der Waals surface area (Å²) in [5.41, 5.74) is 3.53. The molecule has 0 radical (unpaired) electrons. The Morgan fingerprint density at radius 2 is 2.04 bits per heavy atom. The number of rotatable bonds is 2. The fraction of sp³-hybridized carbons (Fsp3) is 0.188. The summed E-state index contributed by atoms with van der Waals surface area (Å²) >= 11 is 1.47. The molecule has 0 aliphatic rings. The first kappa shape index (κ1) is 15.3. The summed E-state index contributed by atoms with van der Waals surface area (Å²) in [5.74, 6) is 0.176. The van der Waals surface area contributed by atoms with Gasteiger partial charge >= 0.3 is 6.55 Å². The number of alkyl halides is 2. The van der Waals surface area contributed by atoms with Crippen LogP contribution in [0.5, 0.6) is 0 Å². The fourth-order valence-corrected chi connectivity index (χ4v) is 4.35. The Kier molecular flexibility index (Phi) is 3.08. The number of nitrogens with zero attached hydrogens (tertiary/aromatic N) is 7. The molecule has 0 N–H and O–H groups in total. The Hall–Kier alpha value is -3.01. The third-order valence-electron chi connectivity index (χ3n) is 4.18. The molecule has 0 aliphatic carbocycles. The predicted octanol–water partition coefficient (Wildman–Crippen LogP) is 3.76. The van der Waals surface area contributed by atoms with Gasteiger partial charge in [0, 0.05) is 17.3 Å². The zero-order chi connectivity index (χ0) is 18.0. The van der Waals surface area contributed by atoms with Crippen LogP contribution >= 0.6 is 11.3 Å². The Morgan fingerprint density at radius 1 is 1.19 bits per heavy atom. The molecule has 7 nitrogen and oxygen atoms in total. The average Bonchev–Trinajstić information content (AvgIpc) is 3.29. The number of fused-ring (bicyclic) bond motifs is 5. The molecule has 26 heavy (non-hydrogen) atoms. The molecule has 0 saturated carbocycles. The van der Waals surface area contributed by atoms with Gasteiger partial charge in [-0.1, -0.05) is 0 Å². The maximum atomic E-state index is 13.1. The van der Waals surface area contributed by atoms with Crippen molar-refractivity contribution in [2.24, 2.45) is 0 Å². The second-order valence-corrected chi connectivity index (χ2v) is 6.93. The monoisotopic (exact) mass is 371 g/mol. The smallest absolute Gasteiger partial charge is 0.242 e. The highest BCUT2D eigenvalue weighted by molar-refractivity contribution is 7.26. The van der Waals surface area contributed by atoms with Gasteiger partial charge in [0.2, 0.25) is 5.82 Å². The molecule has 5 heterocycles. The topological polar surface area (TPSA) is 73.8 Å². The van der Waals surface area contributed by atoms with Crippen LogP contribution < -0.4 is 0 Å². The summed E-state index contributed by atoms with van der Waals surface area (Å²) < 4.78 is 29.1. The van der Waals surface area contributed by atoms with Crippen LogP contribution in [0, 0.1) is 13.8 Å². The van der Waals surface area contributed by atoms with Crippen molar-refractivity contribution in [3.05, 3.63) is 35.9 Å². The predicted molar refractivity (Wildman–Crippen MR) is 93.4 cm³/mol. The zero-order valence-corrected chi connectivity index (χ0v) is 14.5. The van der Waals surface area contributed by atoms with Crippen molar-refractivity contribution < 1.29 is 8.78 Å². The molecule has 0 atom stereocenters. The average molecular weight is 371 g/mol. The first-order valence-corrected chi connectivity index (χ1v) is 8.58. The molecule has 0 spiro atoms. The number of pyridine rings is 1. The summed E-state index contributed by atoms with van der Waals surface area (Å²) in [7, 11) is 0. The first-order chi connectivity index (χ1) is 12.5. The van der Waals surface area contributed by atoms with Gasteiger partial charge in [-0.05, 0) is 31.5 Å². The number of aryl methyl sites for hydroxylation is 2. The molecule has 0 aliphatic heterocycles. The van der Waals surface area contributed by atoms with Gasteiger partial charge in [-0.3, -0.25) is 0 Å². The Balaban J connectivity index is 1.82. The number of halogens is 2. The quantitative estimate of drug-likeness (QED) is 0.472. The lowest BCUT2D eigenvalue weighted by Gasteiger charge is -2.01. The van der Waals surface area contributed by atoms with E-state index in [2.05, 4.69) is 25.1 Å². The minimum atomic E-state index is -2.76. The van der Waals surface area contributed by atoms with Gasteiger partial charge in [0.1, 0.15) is 21.6 Å². The normalized spacial score (nSPS) is 12.2. The maximum Gasteiger partial charge on any atom is 0.333 e. The van der Waals surface area contributed by atoms with Crippen LogP contribution in [0.3, 0.4) is 0 Å². The second-order valence-electron chi connectivity index (χ2n) is 5.93. The van der Waals surface area contributed by atoms with Gasteiger partial charge in [-0.2, -0.15) is 13.9 Å². The minimum Gasteiger partial charge on any atom is -0.242 e. The van der Waals surface area contributed by atoms with Crippen LogP contribution in [0.4, 0.5) is 8.78 Å². The standard InChI is InChI=1S/C16H11F2N7S/c1-7-5-8(2)21-15-10(7)11-12(26-15)14-22-13(23-24(14)6-19-11)9-3-4-20-25(9)16(17)18/h3-6,16H,1-2H3. The summed E-state index contributed by atoms with van der Waals surface area (Å²) in [6.07, 6.45) is 2.85. The summed E-state index contributed by atoms with van der Waals surface area (Å²) in [4.78, 5) is 14.4. The Labute approximate surface area is 148 Å². The van der Waals surface area contributed by atoms with E-state index >= 15 is 0 Å².